The number of hydrogen-bond acceptors (Lipinski definition) is 6. The third-order valence-corrected chi connectivity index (χ3v) is 5.60. The Bertz CT molecular complexity index is 1150. The van der Waals surface area contributed by atoms with E-state index in [1.807, 2.05) is 0 Å². The summed E-state index contributed by atoms with van der Waals surface area (Å²) in [6.07, 6.45) is -3.23. The number of carbonyl (C=O) groups is 3. The number of rotatable bonds is 6. The first-order valence-electron chi connectivity index (χ1n) is 9.17. The number of anilines is 1. The first kappa shape index (κ1) is 24.5. The number of nitrogens with zero attached hydrogens (tertiary/aromatic N) is 1. The Morgan fingerprint density at radius 3 is 2.42 bits per heavy atom. The second kappa shape index (κ2) is 9.75. The molecule has 1 N–H and O–H groups in total. The summed E-state index contributed by atoms with van der Waals surface area (Å²) < 4.78 is 49.2. The molecular formula is C21H16ClF3N2O5S. The molecule has 0 atom stereocenters. The highest BCUT2D eigenvalue weighted by Crippen LogP contribution is 2.36. The van der Waals surface area contributed by atoms with E-state index in [0.29, 0.717) is 39.1 Å². The third-order valence-electron chi connectivity index (χ3n) is 4.45. The molecule has 3 amide bonds. The highest BCUT2D eigenvalue weighted by atomic mass is 35.5. The fourth-order valence-electron chi connectivity index (χ4n) is 2.91. The Labute approximate surface area is 195 Å². The molecule has 2 aromatic rings. The number of nitrogens with one attached hydrogen (secondary N) is 1. The first-order valence-corrected chi connectivity index (χ1v) is 10.4. The van der Waals surface area contributed by atoms with Crippen molar-refractivity contribution in [3.8, 4) is 11.5 Å². The summed E-state index contributed by atoms with van der Waals surface area (Å²) >= 11 is 6.59. The molecule has 12 heteroatoms. The van der Waals surface area contributed by atoms with Crippen molar-refractivity contribution in [1.29, 1.82) is 0 Å². The Hall–Kier alpha value is -3.18. The summed E-state index contributed by atoms with van der Waals surface area (Å²) in [6.45, 7) is -0.700. The maximum Gasteiger partial charge on any atom is 0.416 e. The summed E-state index contributed by atoms with van der Waals surface area (Å²) in [5.41, 5.74) is -0.791. The molecule has 3 rings (SSSR count). The smallest absolute Gasteiger partial charge is 0.416 e. The van der Waals surface area contributed by atoms with Crippen molar-refractivity contribution in [2.24, 2.45) is 0 Å². The van der Waals surface area contributed by atoms with Crippen molar-refractivity contribution in [3.63, 3.8) is 0 Å². The number of ether oxygens (including phenoxy) is 2. The van der Waals surface area contributed by atoms with Crippen LogP contribution in [0, 0.1) is 0 Å². The molecule has 0 bridgehead atoms. The van der Waals surface area contributed by atoms with E-state index in [0.717, 1.165) is 12.1 Å². The molecule has 33 heavy (non-hydrogen) atoms. The van der Waals surface area contributed by atoms with Crippen LogP contribution in [-0.4, -0.2) is 42.7 Å². The predicted molar refractivity (Wildman–Crippen MR) is 117 cm³/mol. The van der Waals surface area contributed by atoms with Gasteiger partial charge in [-0.1, -0.05) is 11.6 Å². The van der Waals surface area contributed by atoms with Crippen LogP contribution in [0.25, 0.3) is 6.08 Å². The lowest BCUT2D eigenvalue weighted by Crippen LogP contribution is -2.36. The quantitative estimate of drug-likeness (QED) is 0.559. The fourth-order valence-corrected chi connectivity index (χ4v) is 3.92. The summed E-state index contributed by atoms with van der Waals surface area (Å²) in [6, 6.07) is 7.29. The van der Waals surface area contributed by atoms with Crippen LogP contribution >= 0.6 is 23.4 Å². The van der Waals surface area contributed by atoms with Crippen LogP contribution in [0.15, 0.2) is 41.3 Å². The normalized spacial score (nSPS) is 15.2. The molecule has 1 fully saturated rings. The molecule has 2 aromatic carbocycles. The standard InChI is InChI=1S/C21H16ClF3N2O5S/c1-31-15-6-4-13(22)7-11(15)8-17-19(29)27(20(30)33-17)10-18(28)26-14-9-12(21(23,24)25)3-5-16(14)32-2/h3-9H,10H2,1-2H3,(H,26,28)/b17-8-. The second-order valence-electron chi connectivity index (χ2n) is 6.62. The Balaban J connectivity index is 1.78. The van der Waals surface area contributed by atoms with E-state index in [4.69, 9.17) is 21.1 Å². The molecule has 0 aromatic heterocycles. The van der Waals surface area contributed by atoms with Gasteiger partial charge in [-0.3, -0.25) is 19.3 Å². The molecule has 0 saturated carbocycles. The number of alkyl halides is 3. The van der Waals surface area contributed by atoms with Gasteiger partial charge in [0.25, 0.3) is 11.1 Å². The van der Waals surface area contributed by atoms with Crippen LogP contribution in [0.5, 0.6) is 11.5 Å². The van der Waals surface area contributed by atoms with Gasteiger partial charge in [0.1, 0.15) is 18.0 Å². The summed E-state index contributed by atoms with van der Waals surface area (Å²) in [7, 11) is 2.66. The molecule has 0 aliphatic carbocycles. The largest absolute Gasteiger partial charge is 0.496 e. The number of benzene rings is 2. The van der Waals surface area contributed by atoms with E-state index < -0.39 is 35.3 Å². The van der Waals surface area contributed by atoms with Gasteiger partial charge in [-0.05, 0) is 54.2 Å². The number of halogens is 4. The molecule has 1 heterocycles. The van der Waals surface area contributed by atoms with E-state index in [1.165, 1.54) is 20.3 Å². The number of hydrogen-bond donors (Lipinski definition) is 1. The Morgan fingerprint density at radius 2 is 1.79 bits per heavy atom. The molecule has 0 spiro atoms. The van der Waals surface area contributed by atoms with E-state index in [1.54, 1.807) is 18.2 Å². The number of imide groups is 1. The molecule has 1 saturated heterocycles. The van der Waals surface area contributed by atoms with Crippen molar-refractivity contribution >= 4 is 52.2 Å². The SMILES string of the molecule is COc1ccc(Cl)cc1/C=C1\SC(=O)N(CC(=O)Nc2cc(C(F)(F)F)ccc2OC)C1=O. The molecule has 0 unspecified atom stereocenters. The van der Waals surface area contributed by atoms with E-state index in [-0.39, 0.29) is 16.3 Å². The molecule has 174 valence electrons. The highest BCUT2D eigenvalue weighted by Gasteiger charge is 2.37. The molecular weight excluding hydrogens is 485 g/mol. The predicted octanol–water partition coefficient (Wildman–Crippen LogP) is 5.05. The van der Waals surface area contributed by atoms with Crippen molar-refractivity contribution in [1.82, 2.24) is 4.90 Å². The van der Waals surface area contributed by atoms with Gasteiger partial charge in [0.05, 0.1) is 30.4 Å². The minimum absolute atomic E-state index is 0.0153. The Morgan fingerprint density at radius 1 is 1.12 bits per heavy atom. The number of amides is 3. The maximum atomic E-state index is 13.0. The number of methoxy groups -OCH3 is 2. The lowest BCUT2D eigenvalue weighted by atomic mass is 10.1. The van der Waals surface area contributed by atoms with Gasteiger partial charge in [0, 0.05) is 10.6 Å². The lowest BCUT2D eigenvalue weighted by Gasteiger charge is -2.16. The van der Waals surface area contributed by atoms with Crippen LogP contribution in [0.1, 0.15) is 11.1 Å². The van der Waals surface area contributed by atoms with Crippen LogP contribution in [0.4, 0.5) is 23.7 Å². The zero-order chi connectivity index (χ0) is 24.3. The fraction of sp³-hybridized carbons (Fsp3) is 0.190. The third kappa shape index (κ3) is 5.60. The minimum Gasteiger partial charge on any atom is -0.496 e. The van der Waals surface area contributed by atoms with Gasteiger partial charge in [-0.2, -0.15) is 13.2 Å². The van der Waals surface area contributed by atoms with Gasteiger partial charge >= 0.3 is 6.18 Å². The zero-order valence-electron chi connectivity index (χ0n) is 17.2. The van der Waals surface area contributed by atoms with Crippen LogP contribution < -0.4 is 14.8 Å². The van der Waals surface area contributed by atoms with E-state index in [9.17, 15) is 27.6 Å². The number of thioether (sulfide) groups is 1. The molecule has 0 radical (unpaired) electrons. The van der Waals surface area contributed by atoms with Gasteiger partial charge in [0.15, 0.2) is 0 Å². The molecule has 1 aliphatic rings. The van der Waals surface area contributed by atoms with E-state index in [2.05, 4.69) is 5.32 Å². The highest BCUT2D eigenvalue weighted by molar-refractivity contribution is 8.18. The average molecular weight is 501 g/mol. The topological polar surface area (TPSA) is 84.9 Å². The lowest BCUT2D eigenvalue weighted by molar-refractivity contribution is -0.137. The van der Waals surface area contributed by atoms with Crippen LogP contribution in [0.2, 0.25) is 5.02 Å². The van der Waals surface area contributed by atoms with Crippen molar-refractivity contribution in [2.75, 3.05) is 26.1 Å². The minimum atomic E-state index is -4.63. The van der Waals surface area contributed by atoms with Gasteiger partial charge < -0.3 is 14.8 Å². The maximum absolute atomic E-state index is 13.0. The van der Waals surface area contributed by atoms with Gasteiger partial charge in [-0.25, -0.2) is 0 Å². The summed E-state index contributed by atoms with van der Waals surface area (Å²) in [5.74, 6) is -1.21. The van der Waals surface area contributed by atoms with Crippen molar-refractivity contribution in [2.45, 2.75) is 6.18 Å². The molecule has 7 nitrogen and oxygen atoms in total. The summed E-state index contributed by atoms with van der Waals surface area (Å²) in [5, 5.41) is 1.93. The van der Waals surface area contributed by atoms with Gasteiger partial charge in [0.2, 0.25) is 5.91 Å². The average Bonchev–Trinajstić information content (AvgIpc) is 3.00. The zero-order valence-corrected chi connectivity index (χ0v) is 18.7. The van der Waals surface area contributed by atoms with Crippen molar-refractivity contribution in [3.05, 3.63) is 57.5 Å². The van der Waals surface area contributed by atoms with Crippen molar-refractivity contribution < 1.29 is 37.0 Å². The van der Waals surface area contributed by atoms with E-state index >= 15 is 0 Å². The Kier molecular flexibility index (Phi) is 7.23. The van der Waals surface area contributed by atoms with Crippen LogP contribution in [0.3, 0.4) is 0 Å². The summed E-state index contributed by atoms with van der Waals surface area (Å²) in [4.78, 5) is 38.2. The van der Waals surface area contributed by atoms with Crippen LogP contribution in [-0.2, 0) is 15.8 Å². The monoisotopic (exact) mass is 500 g/mol. The van der Waals surface area contributed by atoms with Gasteiger partial charge in [-0.15, -0.1) is 0 Å². The molecule has 1 aliphatic heterocycles. The number of carbonyl (C=O) groups excluding carboxylic acids is 3. The first-order chi connectivity index (χ1) is 15.5. The second-order valence-corrected chi connectivity index (χ2v) is 8.04.